The van der Waals surface area contributed by atoms with Gasteiger partial charge in [0.2, 0.25) is 0 Å². The highest BCUT2D eigenvalue weighted by molar-refractivity contribution is 5.84. The van der Waals surface area contributed by atoms with E-state index in [2.05, 4.69) is 48.3 Å². The van der Waals surface area contributed by atoms with Crippen LogP contribution < -0.4 is 5.32 Å². The minimum absolute atomic E-state index is 1.04. The van der Waals surface area contributed by atoms with Crippen LogP contribution in [-0.2, 0) is 13.5 Å². The molecule has 0 fully saturated rings. The summed E-state index contributed by atoms with van der Waals surface area (Å²) in [6.07, 6.45) is 3.22. The molecule has 1 N–H and O–H groups in total. The van der Waals surface area contributed by atoms with Crippen LogP contribution in [0.25, 0.3) is 10.9 Å². The van der Waals surface area contributed by atoms with Gasteiger partial charge in [-0.2, -0.15) is 0 Å². The van der Waals surface area contributed by atoms with E-state index in [1.807, 2.05) is 7.05 Å². The molecule has 2 aromatic rings. The van der Waals surface area contributed by atoms with Crippen molar-refractivity contribution in [3.63, 3.8) is 0 Å². The molecule has 0 aliphatic rings. The van der Waals surface area contributed by atoms with Gasteiger partial charge in [-0.15, -0.1) is 0 Å². The quantitative estimate of drug-likeness (QED) is 0.807. The minimum Gasteiger partial charge on any atom is -0.350 e. The summed E-state index contributed by atoms with van der Waals surface area (Å²) in [6, 6.07) is 6.77. The van der Waals surface area contributed by atoms with Crippen LogP contribution in [0.5, 0.6) is 0 Å². The molecule has 0 bridgehead atoms. The maximum absolute atomic E-state index is 3.18. The van der Waals surface area contributed by atoms with Gasteiger partial charge in [0.25, 0.3) is 0 Å². The Hall–Kier alpha value is -1.28. The van der Waals surface area contributed by atoms with E-state index in [0.29, 0.717) is 0 Å². The highest BCUT2D eigenvalue weighted by atomic mass is 14.9. The van der Waals surface area contributed by atoms with Crippen LogP contribution in [0.4, 0.5) is 0 Å². The lowest BCUT2D eigenvalue weighted by molar-refractivity contribution is 0.792. The number of nitrogens with one attached hydrogen (secondary N) is 1. The second-order valence-electron chi connectivity index (χ2n) is 4.13. The molecule has 80 valence electrons. The van der Waals surface area contributed by atoms with Crippen molar-refractivity contribution in [1.29, 1.82) is 0 Å². The van der Waals surface area contributed by atoms with E-state index in [9.17, 15) is 0 Å². The number of likely N-dealkylation sites (N-methyl/N-ethyl adjacent to an activating group) is 1. The van der Waals surface area contributed by atoms with Crippen molar-refractivity contribution in [2.45, 2.75) is 13.3 Å². The molecule has 0 saturated heterocycles. The number of nitrogens with zero attached hydrogens (tertiary/aromatic N) is 1. The number of hydrogen-bond acceptors (Lipinski definition) is 1. The lowest BCUT2D eigenvalue weighted by Crippen LogP contribution is -2.10. The molecule has 15 heavy (non-hydrogen) atoms. The van der Waals surface area contributed by atoms with Crippen molar-refractivity contribution >= 4 is 10.9 Å². The number of fused-ring (bicyclic) bond motifs is 1. The van der Waals surface area contributed by atoms with Crippen LogP contribution in [0, 0.1) is 6.92 Å². The molecule has 2 nitrogen and oxygen atoms in total. The average molecular weight is 202 g/mol. The van der Waals surface area contributed by atoms with Gasteiger partial charge in [-0.05, 0) is 50.2 Å². The van der Waals surface area contributed by atoms with Gasteiger partial charge in [0.15, 0.2) is 0 Å². The number of aromatic nitrogens is 1. The summed E-state index contributed by atoms with van der Waals surface area (Å²) in [5.41, 5.74) is 4.13. The van der Waals surface area contributed by atoms with Gasteiger partial charge in [0.1, 0.15) is 0 Å². The molecular formula is C13H18N2. The first kappa shape index (κ1) is 10.2. The van der Waals surface area contributed by atoms with E-state index in [4.69, 9.17) is 0 Å². The summed E-state index contributed by atoms with van der Waals surface area (Å²) < 4.78 is 2.19. The Kier molecular flexibility index (Phi) is 2.78. The Bertz CT molecular complexity index is 469. The van der Waals surface area contributed by atoms with Crippen molar-refractivity contribution in [3.8, 4) is 0 Å². The van der Waals surface area contributed by atoms with E-state index in [1.165, 1.54) is 22.0 Å². The van der Waals surface area contributed by atoms with Gasteiger partial charge in [0.05, 0.1) is 5.52 Å². The first-order valence-electron chi connectivity index (χ1n) is 5.41. The van der Waals surface area contributed by atoms with E-state index < -0.39 is 0 Å². The zero-order chi connectivity index (χ0) is 10.8. The molecule has 0 spiro atoms. The van der Waals surface area contributed by atoms with E-state index in [1.54, 1.807) is 0 Å². The third-order valence-corrected chi connectivity index (χ3v) is 2.88. The first-order valence-corrected chi connectivity index (χ1v) is 5.41. The van der Waals surface area contributed by atoms with Crippen molar-refractivity contribution in [3.05, 3.63) is 35.5 Å². The number of aryl methyl sites for hydroxylation is 2. The second kappa shape index (κ2) is 4.07. The van der Waals surface area contributed by atoms with Crippen molar-refractivity contribution in [1.82, 2.24) is 9.88 Å². The molecule has 0 unspecified atom stereocenters. The smallest absolute Gasteiger partial charge is 0.0507 e. The number of rotatable bonds is 3. The maximum Gasteiger partial charge on any atom is 0.0507 e. The monoisotopic (exact) mass is 202 g/mol. The van der Waals surface area contributed by atoms with Crippen LogP contribution in [0.15, 0.2) is 24.4 Å². The van der Waals surface area contributed by atoms with E-state index in [0.717, 1.165) is 13.0 Å². The summed E-state index contributed by atoms with van der Waals surface area (Å²) in [4.78, 5) is 0. The molecule has 0 aliphatic heterocycles. The average Bonchev–Trinajstić information content (AvgIpc) is 2.58. The Labute approximate surface area is 90.9 Å². The number of benzene rings is 1. The largest absolute Gasteiger partial charge is 0.350 e. The van der Waals surface area contributed by atoms with Crippen molar-refractivity contribution < 1.29 is 0 Å². The van der Waals surface area contributed by atoms with Gasteiger partial charge in [-0.25, -0.2) is 0 Å². The van der Waals surface area contributed by atoms with Crippen LogP contribution >= 0.6 is 0 Å². The van der Waals surface area contributed by atoms with Gasteiger partial charge in [-0.3, -0.25) is 0 Å². The highest BCUT2D eigenvalue weighted by Gasteiger charge is 2.03. The Morgan fingerprint density at radius 2 is 2.13 bits per heavy atom. The zero-order valence-corrected chi connectivity index (χ0v) is 9.67. The summed E-state index contributed by atoms with van der Waals surface area (Å²) in [5.74, 6) is 0. The third kappa shape index (κ3) is 1.90. The Morgan fingerprint density at radius 3 is 2.87 bits per heavy atom. The fourth-order valence-electron chi connectivity index (χ4n) is 2.17. The van der Waals surface area contributed by atoms with Gasteiger partial charge >= 0.3 is 0 Å². The molecule has 0 saturated carbocycles. The third-order valence-electron chi connectivity index (χ3n) is 2.88. The van der Waals surface area contributed by atoms with Crippen LogP contribution in [0.3, 0.4) is 0 Å². The molecule has 1 heterocycles. The van der Waals surface area contributed by atoms with Crippen LogP contribution in [0.1, 0.15) is 11.1 Å². The molecule has 0 atom stereocenters. The summed E-state index contributed by atoms with van der Waals surface area (Å²) in [7, 11) is 4.09. The molecule has 0 amide bonds. The van der Waals surface area contributed by atoms with E-state index >= 15 is 0 Å². The Morgan fingerprint density at radius 1 is 1.33 bits per heavy atom. The molecular weight excluding hydrogens is 184 g/mol. The normalized spacial score (nSPS) is 11.1. The summed E-state index contributed by atoms with van der Waals surface area (Å²) >= 11 is 0. The van der Waals surface area contributed by atoms with Crippen molar-refractivity contribution in [2.24, 2.45) is 7.05 Å². The lowest BCUT2D eigenvalue weighted by atomic mass is 10.1. The zero-order valence-electron chi connectivity index (χ0n) is 9.67. The van der Waals surface area contributed by atoms with Crippen LogP contribution in [0.2, 0.25) is 0 Å². The van der Waals surface area contributed by atoms with Gasteiger partial charge < -0.3 is 9.88 Å². The molecule has 1 aromatic carbocycles. The van der Waals surface area contributed by atoms with Gasteiger partial charge in [-0.1, -0.05) is 6.07 Å². The first-order chi connectivity index (χ1) is 7.22. The summed E-state index contributed by atoms with van der Waals surface area (Å²) in [6.45, 7) is 3.23. The predicted molar refractivity (Wildman–Crippen MR) is 65.3 cm³/mol. The number of hydrogen-bond donors (Lipinski definition) is 1. The van der Waals surface area contributed by atoms with Crippen LogP contribution in [-0.4, -0.2) is 18.2 Å². The molecule has 0 radical (unpaired) electrons. The Balaban J connectivity index is 2.44. The van der Waals surface area contributed by atoms with Gasteiger partial charge in [0, 0.05) is 18.6 Å². The molecule has 0 aliphatic carbocycles. The topological polar surface area (TPSA) is 17.0 Å². The van der Waals surface area contributed by atoms with E-state index in [-0.39, 0.29) is 0 Å². The minimum atomic E-state index is 1.04. The van der Waals surface area contributed by atoms with Crippen molar-refractivity contribution in [2.75, 3.05) is 13.6 Å². The molecule has 2 heteroatoms. The standard InChI is InChI=1S/C13H18N2/c1-10-8-11(4-6-14-2)9-12-5-7-15(3)13(10)12/h5,7-9,14H,4,6H2,1-3H3. The fourth-order valence-corrected chi connectivity index (χ4v) is 2.17. The summed E-state index contributed by atoms with van der Waals surface area (Å²) in [5, 5.41) is 4.53. The molecule has 1 aromatic heterocycles. The fraction of sp³-hybridized carbons (Fsp3) is 0.385. The molecule has 2 rings (SSSR count). The second-order valence-corrected chi connectivity index (χ2v) is 4.13. The SMILES string of the molecule is CNCCc1cc(C)c2c(ccn2C)c1. The highest BCUT2D eigenvalue weighted by Crippen LogP contribution is 2.21. The maximum atomic E-state index is 3.18. The lowest BCUT2D eigenvalue weighted by Gasteiger charge is -2.06. The predicted octanol–water partition coefficient (Wildman–Crippen LogP) is 2.25.